The molecule has 0 N–H and O–H groups in total. The Morgan fingerprint density at radius 2 is 2.41 bits per heavy atom. The molecule has 0 aromatic carbocycles. The number of nitriles is 1. The van der Waals surface area contributed by atoms with E-state index in [1.807, 2.05) is 29.5 Å². The molecule has 1 rings (SSSR count). The summed E-state index contributed by atoms with van der Waals surface area (Å²) in [5.74, 6) is 3.98. The van der Waals surface area contributed by atoms with Gasteiger partial charge in [0, 0.05) is 22.6 Å². The number of thioether (sulfide) groups is 1. The first-order valence-corrected chi connectivity index (χ1v) is 7.48. The Morgan fingerprint density at radius 1 is 1.59 bits per heavy atom. The summed E-state index contributed by atoms with van der Waals surface area (Å²) in [6, 6.07) is 2.10. The molecule has 4 nitrogen and oxygen atoms in total. The Morgan fingerprint density at radius 3 is 3.06 bits per heavy atom. The first-order valence-electron chi connectivity index (χ1n) is 4.65. The number of rotatable bonds is 6. The van der Waals surface area contributed by atoms with Crippen molar-refractivity contribution in [2.24, 2.45) is 0 Å². The molecule has 0 bridgehead atoms. The van der Waals surface area contributed by atoms with Crippen LogP contribution in [0, 0.1) is 21.2 Å². The molecule has 0 radical (unpaired) electrons. The van der Waals surface area contributed by atoms with Gasteiger partial charge >= 0.3 is 0 Å². The van der Waals surface area contributed by atoms with Crippen LogP contribution in [0.15, 0.2) is 4.21 Å². The Balaban J connectivity index is 2.52. The fourth-order valence-electron chi connectivity index (χ4n) is 0.901. The minimum absolute atomic E-state index is 0.0555. The molecule has 1 aromatic heterocycles. The molecule has 0 atom stereocenters. The molecule has 1 heterocycles. The Labute approximate surface area is 122 Å². The van der Waals surface area contributed by atoms with Crippen molar-refractivity contribution in [3.8, 4) is 21.8 Å². The third kappa shape index (κ3) is 4.72. The van der Waals surface area contributed by atoms with Gasteiger partial charge in [-0.1, -0.05) is 12.8 Å². The lowest BCUT2D eigenvalue weighted by atomic mass is 10.4. The maximum absolute atomic E-state index is 9.01. The number of nitrogens with zero attached hydrogens (tertiary/aromatic N) is 2. The summed E-state index contributed by atoms with van der Waals surface area (Å²) in [7, 11) is 0. The normalized spacial score (nSPS) is 9.24. The predicted molar refractivity (Wildman–Crippen MR) is 76.5 cm³/mol. The van der Waals surface area contributed by atoms with Crippen LogP contribution in [0.25, 0.3) is 0 Å². The Hall–Kier alpha value is -0.480. The van der Waals surface area contributed by atoms with E-state index in [0.717, 1.165) is 9.96 Å². The summed E-state index contributed by atoms with van der Waals surface area (Å²) in [6.07, 6.45) is 0. The van der Waals surface area contributed by atoms with Crippen molar-refractivity contribution in [1.29, 1.82) is 5.26 Å². The standard InChI is InChI=1S/C10H9IN2O2S2/c1-2-16-10-8(6-12)9(13-17-10)15-7-14-5-3-4-11/h2,5,7H2,1H3. The van der Waals surface area contributed by atoms with Crippen molar-refractivity contribution in [3.05, 3.63) is 5.56 Å². The molecule has 0 unspecified atom stereocenters. The summed E-state index contributed by atoms with van der Waals surface area (Å²) in [4.78, 5) is 0. The Kier molecular flexibility index (Phi) is 7.37. The molecule has 0 saturated heterocycles. The van der Waals surface area contributed by atoms with E-state index in [1.54, 1.807) is 11.8 Å². The zero-order chi connectivity index (χ0) is 12.5. The average Bonchev–Trinajstić information content (AvgIpc) is 2.72. The van der Waals surface area contributed by atoms with E-state index >= 15 is 0 Å². The summed E-state index contributed by atoms with van der Waals surface area (Å²) in [5, 5.41) is 9.01. The molecule has 0 spiro atoms. The first kappa shape index (κ1) is 14.6. The summed E-state index contributed by atoms with van der Waals surface area (Å²) in [6.45, 7) is 2.39. The minimum Gasteiger partial charge on any atom is -0.449 e. The maximum atomic E-state index is 9.01. The number of hydrogen-bond acceptors (Lipinski definition) is 6. The number of halogens is 1. The van der Waals surface area contributed by atoms with Gasteiger partial charge in [-0.3, -0.25) is 0 Å². The maximum Gasteiger partial charge on any atom is 0.246 e. The van der Waals surface area contributed by atoms with Gasteiger partial charge in [-0.15, -0.1) is 11.8 Å². The highest BCUT2D eigenvalue weighted by atomic mass is 127. The van der Waals surface area contributed by atoms with Gasteiger partial charge in [0.15, 0.2) is 6.79 Å². The second kappa shape index (κ2) is 8.59. The minimum atomic E-state index is 0.0555. The van der Waals surface area contributed by atoms with Gasteiger partial charge < -0.3 is 9.47 Å². The molecule has 17 heavy (non-hydrogen) atoms. The molecule has 0 fully saturated rings. The van der Waals surface area contributed by atoms with Gasteiger partial charge in [0.05, 0.1) is 0 Å². The third-order valence-corrected chi connectivity index (χ3v) is 3.88. The highest BCUT2D eigenvalue weighted by Crippen LogP contribution is 2.32. The van der Waals surface area contributed by atoms with Crippen LogP contribution in [0.4, 0.5) is 0 Å². The van der Waals surface area contributed by atoms with E-state index in [9.17, 15) is 0 Å². The summed E-state index contributed by atoms with van der Waals surface area (Å²) < 4.78 is 18.0. The van der Waals surface area contributed by atoms with Crippen LogP contribution < -0.4 is 4.74 Å². The number of ether oxygens (including phenoxy) is 2. The molecular formula is C10H9IN2O2S2. The lowest BCUT2D eigenvalue weighted by Crippen LogP contribution is -2.03. The van der Waals surface area contributed by atoms with Crippen LogP contribution >= 0.6 is 45.9 Å². The van der Waals surface area contributed by atoms with Crippen molar-refractivity contribution >= 4 is 45.9 Å². The van der Waals surface area contributed by atoms with Crippen LogP contribution in [0.1, 0.15) is 12.5 Å². The Bertz CT molecular complexity index is 459. The molecule has 0 aliphatic carbocycles. The number of hydrogen-bond donors (Lipinski definition) is 0. The molecule has 7 heteroatoms. The quantitative estimate of drug-likeness (QED) is 0.250. The lowest BCUT2D eigenvalue weighted by molar-refractivity contribution is 0.0308. The van der Waals surface area contributed by atoms with E-state index in [-0.39, 0.29) is 6.79 Å². The molecule has 0 aliphatic rings. The van der Waals surface area contributed by atoms with E-state index in [0.29, 0.717) is 18.1 Å². The van der Waals surface area contributed by atoms with Gasteiger partial charge in [0.2, 0.25) is 5.88 Å². The molecule has 1 aromatic rings. The number of aromatic nitrogens is 1. The smallest absolute Gasteiger partial charge is 0.246 e. The second-order valence-electron chi connectivity index (χ2n) is 2.58. The van der Waals surface area contributed by atoms with E-state index in [2.05, 4.69) is 20.3 Å². The van der Waals surface area contributed by atoms with Gasteiger partial charge in [0.25, 0.3) is 0 Å². The van der Waals surface area contributed by atoms with Crippen LogP contribution in [-0.2, 0) is 4.74 Å². The predicted octanol–water partition coefficient (Wildman–Crippen LogP) is 2.88. The van der Waals surface area contributed by atoms with Crippen LogP contribution in [0.2, 0.25) is 0 Å². The zero-order valence-corrected chi connectivity index (χ0v) is 12.8. The second-order valence-corrected chi connectivity index (χ2v) is 5.42. The fourth-order valence-corrected chi connectivity index (χ4v) is 2.81. The van der Waals surface area contributed by atoms with Crippen molar-refractivity contribution in [3.63, 3.8) is 0 Å². The van der Waals surface area contributed by atoms with Crippen LogP contribution in [0.5, 0.6) is 5.88 Å². The molecule has 0 saturated carbocycles. The van der Waals surface area contributed by atoms with Gasteiger partial charge in [0.1, 0.15) is 22.4 Å². The summed E-state index contributed by atoms with van der Waals surface area (Å²) in [5.41, 5.74) is 0.491. The first-order chi connectivity index (χ1) is 8.33. The fraction of sp³-hybridized carbons (Fsp3) is 0.400. The van der Waals surface area contributed by atoms with Gasteiger partial charge in [-0.2, -0.15) is 9.64 Å². The van der Waals surface area contributed by atoms with Crippen molar-refractivity contribution in [2.75, 3.05) is 19.2 Å². The van der Waals surface area contributed by atoms with Crippen molar-refractivity contribution < 1.29 is 9.47 Å². The van der Waals surface area contributed by atoms with Crippen molar-refractivity contribution in [2.45, 2.75) is 11.1 Å². The van der Waals surface area contributed by atoms with Crippen LogP contribution in [0.3, 0.4) is 0 Å². The van der Waals surface area contributed by atoms with E-state index in [4.69, 9.17) is 14.7 Å². The molecule has 0 aliphatic heterocycles. The highest BCUT2D eigenvalue weighted by molar-refractivity contribution is 14.1. The largest absolute Gasteiger partial charge is 0.449 e. The van der Waals surface area contributed by atoms with E-state index < -0.39 is 0 Å². The van der Waals surface area contributed by atoms with Gasteiger partial charge in [-0.05, 0) is 21.2 Å². The summed E-state index contributed by atoms with van der Waals surface area (Å²) >= 11 is 4.79. The van der Waals surface area contributed by atoms with E-state index in [1.165, 1.54) is 11.5 Å². The topological polar surface area (TPSA) is 55.1 Å². The SMILES string of the molecule is CCSc1snc(OCOCC#CI)c1C#N. The lowest BCUT2D eigenvalue weighted by Gasteiger charge is -2.01. The highest BCUT2D eigenvalue weighted by Gasteiger charge is 2.14. The van der Waals surface area contributed by atoms with Gasteiger partial charge in [-0.25, -0.2) is 0 Å². The monoisotopic (exact) mass is 380 g/mol. The zero-order valence-electron chi connectivity index (χ0n) is 9.03. The van der Waals surface area contributed by atoms with Crippen LogP contribution in [-0.4, -0.2) is 23.5 Å². The molecule has 90 valence electrons. The molecular weight excluding hydrogens is 371 g/mol. The molecule has 0 amide bonds. The van der Waals surface area contributed by atoms with Crippen molar-refractivity contribution in [1.82, 2.24) is 4.37 Å². The third-order valence-electron chi connectivity index (χ3n) is 1.54. The average molecular weight is 380 g/mol.